The van der Waals surface area contributed by atoms with Crippen molar-refractivity contribution in [3.8, 4) is 0 Å². The van der Waals surface area contributed by atoms with Crippen LogP contribution in [0.5, 0.6) is 0 Å². The third-order valence-electron chi connectivity index (χ3n) is 1.64. The molecule has 0 saturated carbocycles. The van der Waals surface area contributed by atoms with E-state index in [1.54, 1.807) is 0 Å². The number of hydrogen-bond acceptors (Lipinski definition) is 0. The molecule has 0 bridgehead atoms. The molecule has 2 nitrogen and oxygen atoms in total. The fourth-order valence-corrected chi connectivity index (χ4v) is 0.888. The molecule has 0 saturated heterocycles. The van der Waals surface area contributed by atoms with E-state index in [0.29, 0.717) is 0 Å². The molecule has 0 amide bonds. The summed E-state index contributed by atoms with van der Waals surface area (Å²) >= 11 is 0. The van der Waals surface area contributed by atoms with Crippen LogP contribution in [0.1, 0.15) is 12.7 Å². The van der Waals surface area contributed by atoms with E-state index >= 15 is 0 Å². The number of aromatic nitrogens is 2. The molecular weight excluding hydrogens is 269 g/mol. The quantitative estimate of drug-likeness (QED) is 0.407. The van der Waals surface area contributed by atoms with Gasteiger partial charge in [0.15, 0.2) is 0 Å². The third kappa shape index (κ3) is 11.2. The second-order valence-electron chi connectivity index (χ2n) is 3.30. The Labute approximate surface area is 94.4 Å². The fourth-order valence-electron chi connectivity index (χ4n) is 0.888. The number of rotatable bonds is 1. The van der Waals surface area contributed by atoms with Crippen molar-refractivity contribution in [2.45, 2.75) is 13.8 Å². The summed E-state index contributed by atoms with van der Waals surface area (Å²) in [6, 6.07) is 0. The number of aryl methyl sites for hydroxylation is 1. The first-order valence-electron chi connectivity index (χ1n) is 4.43. The van der Waals surface area contributed by atoms with Crippen molar-refractivity contribution in [2.75, 3.05) is 0 Å². The Hall–Kier alpha value is -1.04. The molecule has 0 radical (unpaired) electrons. The van der Waals surface area contributed by atoms with Gasteiger partial charge >= 0.3 is 33.0 Å². The second kappa shape index (κ2) is 4.01. The second-order valence-corrected chi connectivity index (χ2v) is 5.22. The van der Waals surface area contributed by atoms with Gasteiger partial charge in [0.05, 0.1) is 13.2 Å². The molecule has 1 aromatic heterocycles. The van der Waals surface area contributed by atoms with Crippen LogP contribution in [0.15, 0.2) is 18.5 Å². The summed E-state index contributed by atoms with van der Waals surface area (Å²) in [6.45, 7) is 4.10. The minimum absolute atomic E-state index is 1.23. The normalized spacial score (nSPS) is 16.1. The van der Waals surface area contributed by atoms with Gasteiger partial charge < -0.3 is 0 Å². The van der Waals surface area contributed by atoms with Crippen LogP contribution >= 0.6 is 7.81 Å². The Morgan fingerprint density at radius 1 is 1.18 bits per heavy atom. The van der Waals surface area contributed by atoms with E-state index in [1.807, 2.05) is 38.6 Å². The van der Waals surface area contributed by atoms with Crippen molar-refractivity contribution in [1.29, 1.82) is 0 Å². The van der Waals surface area contributed by atoms with Gasteiger partial charge in [-0.3, -0.25) is 0 Å². The maximum absolute atomic E-state index is 10.7. The van der Waals surface area contributed by atoms with Crippen LogP contribution in [0.3, 0.4) is 0 Å². The van der Waals surface area contributed by atoms with E-state index in [-0.39, 0.29) is 0 Å². The van der Waals surface area contributed by atoms with Gasteiger partial charge in [0.1, 0.15) is 12.4 Å². The van der Waals surface area contributed by atoms with Gasteiger partial charge in [-0.2, -0.15) is 0 Å². The van der Waals surface area contributed by atoms with Gasteiger partial charge in [0.25, 0.3) is 5.82 Å². The van der Waals surface area contributed by atoms with Gasteiger partial charge in [-0.25, -0.2) is 9.13 Å². The molecule has 0 atom stereocenters. The average Bonchev–Trinajstić information content (AvgIpc) is 2.31. The van der Waals surface area contributed by atoms with Crippen LogP contribution in [0.2, 0.25) is 0 Å². The topological polar surface area (TPSA) is 8.81 Å². The summed E-state index contributed by atoms with van der Waals surface area (Å²) < 4.78 is 63.4. The van der Waals surface area contributed by atoms with Crippen LogP contribution in [-0.4, -0.2) is 4.57 Å². The molecule has 1 rings (SSSR count). The maximum atomic E-state index is 9.87. The fraction of sp³-hybridized carbons (Fsp3) is 0.375. The van der Waals surface area contributed by atoms with Crippen LogP contribution < -0.4 is 4.57 Å². The molecule has 0 N–H and O–H groups in total. The molecule has 0 aromatic carbocycles. The van der Waals surface area contributed by atoms with E-state index < -0.39 is 7.81 Å². The molecule has 102 valence electrons. The van der Waals surface area contributed by atoms with E-state index in [4.69, 9.17) is 0 Å². The molecule has 0 spiro atoms. The van der Waals surface area contributed by atoms with Gasteiger partial charge in [-0.15, -0.1) is 0 Å². The predicted octanol–water partition coefficient (Wildman–Crippen LogP) is 4.49. The Bertz CT molecular complexity index is 404. The average molecular weight is 282 g/mol. The molecule has 0 aliphatic heterocycles. The summed E-state index contributed by atoms with van der Waals surface area (Å²) in [5.74, 6) is 1.23. The number of allylic oxidation sites excluding steroid dienone is 1. The van der Waals surface area contributed by atoms with Gasteiger partial charge in [0, 0.05) is 6.92 Å². The zero-order chi connectivity index (χ0) is 14.0. The predicted molar refractivity (Wildman–Crippen MR) is 54.9 cm³/mol. The van der Waals surface area contributed by atoms with E-state index in [0.717, 1.165) is 0 Å². The van der Waals surface area contributed by atoms with Crippen LogP contribution in [0.25, 0.3) is 6.20 Å². The standard InChI is InChI=1S/C8H13N2.F6P/c1-4-5-10-7-6-9(3)8(10)2;1-7(2,3,4,5)6/h4-7H,1-3H3;/q+1;-1. The number of nitrogens with zero attached hydrogens (tertiary/aromatic N) is 2. The summed E-state index contributed by atoms with van der Waals surface area (Å²) in [5, 5.41) is 0. The molecule has 17 heavy (non-hydrogen) atoms. The number of imidazole rings is 1. The summed E-state index contributed by atoms with van der Waals surface area (Å²) in [7, 11) is -8.62. The Morgan fingerprint density at radius 3 is 1.82 bits per heavy atom. The Morgan fingerprint density at radius 2 is 1.59 bits per heavy atom. The molecule has 1 aromatic rings. The zero-order valence-electron chi connectivity index (χ0n) is 9.42. The number of halogens is 6. The van der Waals surface area contributed by atoms with Crippen molar-refractivity contribution in [2.24, 2.45) is 7.05 Å². The first kappa shape index (κ1) is 16.0. The van der Waals surface area contributed by atoms with Crippen LogP contribution in [-0.2, 0) is 7.05 Å². The van der Waals surface area contributed by atoms with Crippen LogP contribution in [0.4, 0.5) is 25.2 Å². The molecule has 0 fully saturated rings. The van der Waals surface area contributed by atoms with E-state index in [9.17, 15) is 25.2 Å². The van der Waals surface area contributed by atoms with Crippen molar-refractivity contribution >= 4 is 14.0 Å². The minimum atomic E-state index is -10.7. The first-order chi connectivity index (χ1) is 7.20. The Kier molecular flexibility index (Phi) is 3.77. The summed E-state index contributed by atoms with van der Waals surface area (Å²) in [4.78, 5) is 0. The molecule has 0 aliphatic carbocycles. The van der Waals surface area contributed by atoms with E-state index in [2.05, 4.69) is 16.1 Å². The monoisotopic (exact) mass is 282 g/mol. The van der Waals surface area contributed by atoms with Gasteiger partial charge in [0.2, 0.25) is 0 Å². The van der Waals surface area contributed by atoms with E-state index in [1.165, 1.54) is 5.82 Å². The van der Waals surface area contributed by atoms with Gasteiger partial charge in [-0.05, 0) is 13.0 Å². The van der Waals surface area contributed by atoms with Crippen molar-refractivity contribution in [3.05, 3.63) is 24.3 Å². The molecule has 1 heterocycles. The SMILES string of the molecule is CC=Cn1cc[n+](C)c1C.F[P-](F)(F)(F)(F)F. The number of hydrogen-bond donors (Lipinski definition) is 0. The Balaban J connectivity index is 0.000000325. The first-order valence-corrected chi connectivity index (χ1v) is 6.46. The molecule has 0 unspecified atom stereocenters. The summed E-state index contributed by atoms with van der Waals surface area (Å²) in [6.07, 6.45) is 8.13. The molecule has 9 heteroatoms. The van der Waals surface area contributed by atoms with Gasteiger partial charge in [-0.1, -0.05) is 0 Å². The van der Waals surface area contributed by atoms with Crippen molar-refractivity contribution in [3.63, 3.8) is 0 Å². The third-order valence-corrected chi connectivity index (χ3v) is 1.64. The van der Waals surface area contributed by atoms with Crippen LogP contribution in [0, 0.1) is 6.92 Å². The molecule has 0 aliphatic rings. The zero-order valence-corrected chi connectivity index (χ0v) is 10.3. The summed E-state index contributed by atoms with van der Waals surface area (Å²) in [5.41, 5.74) is 0. The molecular formula is C8H13F6N2P. The van der Waals surface area contributed by atoms with Crippen molar-refractivity contribution in [1.82, 2.24) is 4.57 Å². The van der Waals surface area contributed by atoms with Crippen molar-refractivity contribution < 1.29 is 29.7 Å².